The molecule has 2 rings (SSSR count). The summed E-state index contributed by atoms with van der Waals surface area (Å²) in [5, 5.41) is 6.92. The maximum atomic E-state index is 12.2. The van der Waals surface area contributed by atoms with Gasteiger partial charge in [-0.25, -0.2) is 0 Å². The second-order valence-corrected chi connectivity index (χ2v) is 6.23. The Morgan fingerprint density at radius 3 is 2.79 bits per heavy atom. The quantitative estimate of drug-likeness (QED) is 0.919. The lowest BCUT2D eigenvalue weighted by molar-refractivity contribution is 0.102. The van der Waals surface area contributed by atoms with Crippen LogP contribution in [0.2, 0.25) is 0 Å². The average molecular weight is 340 g/mol. The Bertz CT molecular complexity index is 610. The van der Waals surface area contributed by atoms with Crippen LogP contribution >= 0.6 is 27.5 Å². The molecule has 0 spiro atoms. The number of hydrogen-bond donors (Lipinski definition) is 1. The van der Waals surface area contributed by atoms with Crippen LogP contribution in [-0.4, -0.2) is 15.5 Å². The summed E-state index contributed by atoms with van der Waals surface area (Å²) in [6.07, 6.45) is 0. The van der Waals surface area contributed by atoms with Crippen molar-refractivity contribution in [3.05, 3.63) is 38.8 Å². The van der Waals surface area contributed by atoms with Crippen LogP contribution < -0.4 is 5.32 Å². The SMILES string of the molecule is Cc1cc(Br)ccc1NC(=O)c1snnc1C(C)C. The Labute approximate surface area is 124 Å². The lowest BCUT2D eigenvalue weighted by Crippen LogP contribution is -2.13. The van der Waals surface area contributed by atoms with Crippen LogP contribution in [0.1, 0.15) is 40.7 Å². The number of nitrogens with one attached hydrogen (secondary N) is 1. The summed E-state index contributed by atoms with van der Waals surface area (Å²) in [5.74, 6) is 0.0367. The van der Waals surface area contributed by atoms with Crippen molar-refractivity contribution < 1.29 is 4.79 Å². The zero-order valence-electron chi connectivity index (χ0n) is 10.9. The van der Waals surface area contributed by atoms with Gasteiger partial charge >= 0.3 is 0 Å². The highest BCUT2D eigenvalue weighted by Crippen LogP contribution is 2.24. The standard InChI is InChI=1S/C13H14BrN3OS/c1-7(2)11-12(19-17-16-11)13(18)15-10-5-4-9(14)6-8(10)3/h4-7H,1-3H3,(H,15,18). The Morgan fingerprint density at radius 1 is 1.42 bits per heavy atom. The molecule has 1 aromatic heterocycles. The summed E-state index contributed by atoms with van der Waals surface area (Å²) in [7, 11) is 0. The Hall–Kier alpha value is -1.27. The van der Waals surface area contributed by atoms with Crippen LogP contribution in [0.25, 0.3) is 0 Å². The van der Waals surface area contributed by atoms with Gasteiger partial charge in [-0.2, -0.15) is 0 Å². The smallest absolute Gasteiger partial charge is 0.269 e. The molecule has 0 radical (unpaired) electrons. The van der Waals surface area contributed by atoms with Crippen molar-refractivity contribution in [3.8, 4) is 0 Å². The fourth-order valence-corrected chi connectivity index (χ4v) is 2.87. The van der Waals surface area contributed by atoms with Gasteiger partial charge in [0.05, 0.1) is 5.69 Å². The molecule has 0 saturated heterocycles. The van der Waals surface area contributed by atoms with Crippen molar-refractivity contribution in [3.63, 3.8) is 0 Å². The Morgan fingerprint density at radius 2 is 2.16 bits per heavy atom. The number of hydrogen-bond acceptors (Lipinski definition) is 4. The highest BCUT2D eigenvalue weighted by molar-refractivity contribution is 9.10. The largest absolute Gasteiger partial charge is 0.321 e. The zero-order valence-corrected chi connectivity index (χ0v) is 13.3. The summed E-state index contributed by atoms with van der Waals surface area (Å²) < 4.78 is 4.86. The molecule has 1 aromatic carbocycles. The van der Waals surface area contributed by atoms with Crippen molar-refractivity contribution in [1.29, 1.82) is 0 Å². The molecule has 1 heterocycles. The molecule has 0 aliphatic rings. The molecular weight excluding hydrogens is 326 g/mol. The van der Waals surface area contributed by atoms with Crippen molar-refractivity contribution in [1.82, 2.24) is 9.59 Å². The van der Waals surface area contributed by atoms with Gasteiger partial charge in [0.1, 0.15) is 4.88 Å². The number of aromatic nitrogens is 2. The van der Waals surface area contributed by atoms with E-state index in [9.17, 15) is 4.79 Å². The van der Waals surface area contributed by atoms with Crippen molar-refractivity contribution >= 4 is 39.1 Å². The number of carbonyl (C=O) groups is 1. The fourth-order valence-electron chi connectivity index (χ4n) is 1.68. The highest BCUT2D eigenvalue weighted by atomic mass is 79.9. The predicted octanol–water partition coefficient (Wildman–Crippen LogP) is 3.98. The van der Waals surface area contributed by atoms with Crippen molar-refractivity contribution in [2.24, 2.45) is 0 Å². The lowest BCUT2D eigenvalue weighted by Gasteiger charge is -2.09. The maximum absolute atomic E-state index is 12.2. The molecule has 0 atom stereocenters. The number of nitrogens with zero attached hydrogens (tertiary/aromatic N) is 2. The number of benzene rings is 1. The molecule has 100 valence electrons. The molecule has 0 saturated carbocycles. The first-order chi connectivity index (χ1) is 8.99. The third-order valence-corrected chi connectivity index (χ3v) is 3.94. The minimum absolute atomic E-state index is 0.149. The van der Waals surface area contributed by atoms with Gasteiger partial charge < -0.3 is 5.32 Å². The number of aryl methyl sites for hydroxylation is 1. The van der Waals surface area contributed by atoms with Gasteiger partial charge in [0.2, 0.25) is 0 Å². The monoisotopic (exact) mass is 339 g/mol. The third-order valence-electron chi connectivity index (χ3n) is 2.70. The predicted molar refractivity (Wildman–Crippen MR) is 80.8 cm³/mol. The maximum Gasteiger partial charge on any atom is 0.269 e. The summed E-state index contributed by atoms with van der Waals surface area (Å²) >= 11 is 4.53. The molecular formula is C13H14BrN3OS. The van der Waals surface area contributed by atoms with E-state index >= 15 is 0 Å². The van der Waals surface area contributed by atoms with Crippen LogP contribution in [-0.2, 0) is 0 Å². The molecule has 0 bridgehead atoms. The minimum atomic E-state index is -0.149. The van der Waals surface area contributed by atoms with E-state index in [1.165, 1.54) is 0 Å². The summed E-state index contributed by atoms with van der Waals surface area (Å²) in [5.41, 5.74) is 2.56. The van der Waals surface area contributed by atoms with Gasteiger partial charge in [0, 0.05) is 10.2 Å². The molecule has 1 amide bonds. The Kier molecular flexibility index (Phi) is 4.31. The number of amides is 1. The van der Waals surface area contributed by atoms with Gasteiger partial charge in [-0.15, -0.1) is 5.10 Å². The van der Waals surface area contributed by atoms with E-state index in [-0.39, 0.29) is 11.8 Å². The second kappa shape index (κ2) is 5.79. The van der Waals surface area contributed by atoms with Crippen molar-refractivity contribution in [2.45, 2.75) is 26.7 Å². The first-order valence-corrected chi connectivity index (χ1v) is 7.45. The van der Waals surface area contributed by atoms with E-state index < -0.39 is 0 Å². The summed E-state index contributed by atoms with van der Waals surface area (Å²) in [6.45, 7) is 5.95. The second-order valence-electron chi connectivity index (χ2n) is 4.56. The molecule has 0 fully saturated rings. The van der Waals surface area contributed by atoms with E-state index in [0.29, 0.717) is 4.88 Å². The number of anilines is 1. The molecule has 0 unspecified atom stereocenters. The number of halogens is 1. The van der Waals surface area contributed by atoms with E-state index in [1.54, 1.807) is 0 Å². The number of carbonyl (C=O) groups excluding carboxylic acids is 1. The Balaban J connectivity index is 2.23. The lowest BCUT2D eigenvalue weighted by atomic mass is 10.1. The molecule has 4 nitrogen and oxygen atoms in total. The average Bonchev–Trinajstić information content (AvgIpc) is 2.82. The minimum Gasteiger partial charge on any atom is -0.321 e. The third kappa shape index (κ3) is 3.19. The van der Waals surface area contributed by atoms with Gasteiger partial charge in [0.25, 0.3) is 5.91 Å². The molecule has 2 aromatic rings. The first-order valence-electron chi connectivity index (χ1n) is 5.88. The zero-order chi connectivity index (χ0) is 14.0. The van der Waals surface area contributed by atoms with Crippen LogP contribution in [0.5, 0.6) is 0 Å². The van der Waals surface area contributed by atoms with Crippen LogP contribution in [0.15, 0.2) is 22.7 Å². The molecule has 1 N–H and O–H groups in total. The molecule has 19 heavy (non-hydrogen) atoms. The normalized spacial score (nSPS) is 10.8. The summed E-state index contributed by atoms with van der Waals surface area (Å²) in [6, 6.07) is 5.74. The number of rotatable bonds is 3. The van der Waals surface area contributed by atoms with Gasteiger partial charge in [-0.3, -0.25) is 4.79 Å². The fraction of sp³-hybridized carbons (Fsp3) is 0.308. The van der Waals surface area contributed by atoms with Crippen LogP contribution in [0.4, 0.5) is 5.69 Å². The van der Waals surface area contributed by atoms with E-state index in [2.05, 4.69) is 30.8 Å². The van der Waals surface area contributed by atoms with Crippen LogP contribution in [0, 0.1) is 6.92 Å². The van der Waals surface area contributed by atoms with E-state index in [4.69, 9.17) is 0 Å². The van der Waals surface area contributed by atoms with Crippen LogP contribution in [0.3, 0.4) is 0 Å². The first kappa shape index (κ1) is 14.1. The summed E-state index contributed by atoms with van der Waals surface area (Å²) in [4.78, 5) is 12.8. The van der Waals surface area contributed by atoms with Gasteiger partial charge in [-0.1, -0.05) is 34.3 Å². The highest BCUT2D eigenvalue weighted by Gasteiger charge is 2.19. The van der Waals surface area contributed by atoms with E-state index in [0.717, 1.165) is 32.9 Å². The molecule has 6 heteroatoms. The van der Waals surface area contributed by atoms with E-state index in [1.807, 2.05) is 39.0 Å². The topological polar surface area (TPSA) is 54.9 Å². The van der Waals surface area contributed by atoms with Gasteiger partial charge in [-0.05, 0) is 48.1 Å². The molecule has 0 aliphatic carbocycles. The molecule has 0 aliphatic heterocycles. The van der Waals surface area contributed by atoms with Crippen molar-refractivity contribution in [2.75, 3.05) is 5.32 Å². The van der Waals surface area contributed by atoms with Gasteiger partial charge in [0.15, 0.2) is 0 Å².